The van der Waals surface area contributed by atoms with E-state index in [0.29, 0.717) is 19.5 Å². The van der Waals surface area contributed by atoms with Gasteiger partial charge >= 0.3 is 11.8 Å². The summed E-state index contributed by atoms with van der Waals surface area (Å²) in [6.45, 7) is 2.90. The monoisotopic (exact) mass is 247 g/mol. The van der Waals surface area contributed by atoms with Crippen molar-refractivity contribution < 1.29 is 9.59 Å². The van der Waals surface area contributed by atoms with Crippen LogP contribution in [0.15, 0.2) is 24.3 Å². The third-order valence-corrected chi connectivity index (χ3v) is 2.88. The zero-order valence-corrected chi connectivity index (χ0v) is 10.3. The number of amides is 2. The van der Waals surface area contributed by atoms with E-state index in [1.54, 1.807) is 0 Å². The molecule has 1 saturated heterocycles. The second kappa shape index (κ2) is 5.18. The van der Waals surface area contributed by atoms with Gasteiger partial charge in [0.25, 0.3) is 0 Å². The third-order valence-electron chi connectivity index (χ3n) is 2.88. The van der Waals surface area contributed by atoms with Crippen LogP contribution in [0.25, 0.3) is 0 Å². The van der Waals surface area contributed by atoms with E-state index in [-0.39, 0.29) is 6.04 Å². The summed E-state index contributed by atoms with van der Waals surface area (Å²) in [6.07, 6.45) is 0.682. The van der Waals surface area contributed by atoms with E-state index in [1.165, 1.54) is 4.90 Å². The van der Waals surface area contributed by atoms with Crippen molar-refractivity contribution in [2.75, 3.05) is 18.0 Å². The van der Waals surface area contributed by atoms with E-state index in [9.17, 15) is 9.59 Å². The highest BCUT2D eigenvalue weighted by atomic mass is 16.2. The lowest BCUT2D eigenvalue weighted by molar-refractivity contribution is -0.138. The fraction of sp³-hybridized carbons (Fsp3) is 0.385. The van der Waals surface area contributed by atoms with Crippen molar-refractivity contribution in [2.45, 2.75) is 19.4 Å². The first-order valence-corrected chi connectivity index (χ1v) is 6.03. The molecule has 0 aliphatic carbocycles. The molecule has 1 fully saturated rings. The van der Waals surface area contributed by atoms with Crippen molar-refractivity contribution >= 4 is 17.5 Å². The van der Waals surface area contributed by atoms with Crippen molar-refractivity contribution in [3.8, 4) is 0 Å². The van der Waals surface area contributed by atoms with E-state index in [0.717, 1.165) is 11.3 Å². The molecule has 1 aromatic rings. The molecule has 0 aromatic heterocycles. The van der Waals surface area contributed by atoms with Crippen molar-refractivity contribution in [1.82, 2.24) is 5.32 Å². The molecule has 1 aromatic carbocycles. The lowest BCUT2D eigenvalue weighted by Crippen LogP contribution is -2.52. The third kappa shape index (κ3) is 2.51. The lowest BCUT2D eigenvalue weighted by atomic mass is 10.0. The smallest absolute Gasteiger partial charge is 0.316 e. The number of hydrogen-bond acceptors (Lipinski definition) is 3. The Hall–Kier alpha value is -1.88. The normalized spacial score (nSPS) is 17.6. The van der Waals surface area contributed by atoms with E-state index in [1.807, 2.05) is 31.2 Å². The summed E-state index contributed by atoms with van der Waals surface area (Å²) in [4.78, 5) is 24.8. The summed E-state index contributed by atoms with van der Waals surface area (Å²) < 4.78 is 0. The van der Waals surface area contributed by atoms with E-state index < -0.39 is 11.8 Å². The van der Waals surface area contributed by atoms with Crippen LogP contribution in [0, 0.1) is 0 Å². The number of nitrogens with one attached hydrogen (secondary N) is 1. The predicted octanol–water partition coefficient (Wildman–Crippen LogP) is 0.0391. The number of carbonyl (C=O) groups is 2. The van der Waals surface area contributed by atoms with Gasteiger partial charge in [0.1, 0.15) is 0 Å². The Balaban J connectivity index is 2.32. The Morgan fingerprint density at radius 1 is 1.39 bits per heavy atom. The Morgan fingerprint density at radius 3 is 2.83 bits per heavy atom. The van der Waals surface area contributed by atoms with Crippen molar-refractivity contribution in [3.63, 3.8) is 0 Å². The van der Waals surface area contributed by atoms with Crippen LogP contribution in [0.4, 0.5) is 5.69 Å². The van der Waals surface area contributed by atoms with Crippen LogP contribution in [-0.2, 0) is 16.0 Å². The number of nitrogens with zero attached hydrogens (tertiary/aromatic N) is 1. The maximum atomic E-state index is 11.8. The quantitative estimate of drug-likeness (QED) is 0.740. The number of carbonyl (C=O) groups excluding carboxylic acids is 2. The molecule has 0 radical (unpaired) electrons. The molecular weight excluding hydrogens is 230 g/mol. The molecule has 1 heterocycles. The minimum Gasteiger partial charge on any atom is -0.346 e. The minimum atomic E-state index is -0.545. The molecule has 0 bridgehead atoms. The van der Waals surface area contributed by atoms with Gasteiger partial charge in [-0.3, -0.25) is 9.59 Å². The first kappa shape index (κ1) is 12.6. The Labute approximate surface area is 106 Å². The standard InChI is InChI=1S/C13H17N3O2/c1-9(14)8-10-4-2-3-5-11(10)16-7-6-15-12(17)13(16)18/h2-5,9H,6-8,14H2,1H3,(H,15,17). The van der Waals surface area contributed by atoms with Crippen LogP contribution in [0.3, 0.4) is 0 Å². The van der Waals surface area contributed by atoms with E-state index in [4.69, 9.17) is 5.73 Å². The number of rotatable bonds is 3. The highest BCUT2D eigenvalue weighted by Crippen LogP contribution is 2.22. The highest BCUT2D eigenvalue weighted by Gasteiger charge is 2.28. The molecule has 2 amide bonds. The van der Waals surface area contributed by atoms with Gasteiger partial charge in [-0.2, -0.15) is 0 Å². The number of hydrogen-bond donors (Lipinski definition) is 2. The Kier molecular flexibility index (Phi) is 3.62. The second-order valence-electron chi connectivity index (χ2n) is 4.52. The number of anilines is 1. The van der Waals surface area contributed by atoms with Crippen LogP contribution in [0.5, 0.6) is 0 Å². The summed E-state index contributed by atoms with van der Waals surface area (Å²) in [5, 5.41) is 2.54. The molecule has 18 heavy (non-hydrogen) atoms. The largest absolute Gasteiger partial charge is 0.346 e. The van der Waals surface area contributed by atoms with Crippen LogP contribution in [-0.4, -0.2) is 30.9 Å². The Bertz CT molecular complexity index is 471. The van der Waals surface area contributed by atoms with Gasteiger partial charge in [-0.1, -0.05) is 18.2 Å². The molecule has 1 aliphatic heterocycles. The average molecular weight is 247 g/mol. The van der Waals surface area contributed by atoms with Crippen LogP contribution >= 0.6 is 0 Å². The SMILES string of the molecule is CC(N)Cc1ccccc1N1CCNC(=O)C1=O. The van der Waals surface area contributed by atoms with Gasteiger partial charge in [-0.15, -0.1) is 0 Å². The van der Waals surface area contributed by atoms with Gasteiger partial charge in [0.15, 0.2) is 0 Å². The summed E-state index contributed by atoms with van der Waals surface area (Å²) in [5.41, 5.74) is 7.58. The van der Waals surface area contributed by atoms with Gasteiger partial charge in [0.2, 0.25) is 0 Å². The topological polar surface area (TPSA) is 75.4 Å². The lowest BCUT2D eigenvalue weighted by Gasteiger charge is -2.28. The maximum Gasteiger partial charge on any atom is 0.316 e. The summed E-state index contributed by atoms with van der Waals surface area (Å²) in [6, 6.07) is 7.59. The highest BCUT2D eigenvalue weighted by molar-refractivity contribution is 6.41. The number of para-hydroxylation sites is 1. The van der Waals surface area contributed by atoms with Gasteiger partial charge in [-0.25, -0.2) is 0 Å². The zero-order valence-electron chi connectivity index (χ0n) is 10.3. The molecule has 0 saturated carbocycles. The molecule has 2 rings (SSSR count). The van der Waals surface area contributed by atoms with E-state index in [2.05, 4.69) is 5.32 Å². The van der Waals surface area contributed by atoms with Gasteiger partial charge < -0.3 is 16.0 Å². The molecule has 96 valence electrons. The number of piperazine rings is 1. The van der Waals surface area contributed by atoms with Gasteiger partial charge in [0.05, 0.1) is 0 Å². The van der Waals surface area contributed by atoms with Crippen molar-refractivity contribution in [3.05, 3.63) is 29.8 Å². The number of nitrogens with two attached hydrogens (primary N) is 1. The molecule has 1 atom stereocenters. The summed E-state index contributed by atoms with van der Waals surface area (Å²) >= 11 is 0. The molecule has 5 heteroatoms. The summed E-state index contributed by atoms with van der Waals surface area (Å²) in [7, 11) is 0. The van der Waals surface area contributed by atoms with E-state index >= 15 is 0 Å². The van der Waals surface area contributed by atoms with Crippen LogP contribution in [0.1, 0.15) is 12.5 Å². The second-order valence-corrected chi connectivity index (χ2v) is 4.52. The first-order chi connectivity index (χ1) is 8.59. The first-order valence-electron chi connectivity index (χ1n) is 6.03. The predicted molar refractivity (Wildman–Crippen MR) is 69.2 cm³/mol. The minimum absolute atomic E-state index is 0.0138. The molecular formula is C13H17N3O2. The fourth-order valence-electron chi connectivity index (χ4n) is 2.10. The average Bonchev–Trinajstić information content (AvgIpc) is 2.33. The molecule has 5 nitrogen and oxygen atoms in total. The molecule has 1 unspecified atom stereocenters. The summed E-state index contributed by atoms with van der Waals surface area (Å²) in [5.74, 6) is -1.05. The Morgan fingerprint density at radius 2 is 2.11 bits per heavy atom. The maximum absolute atomic E-state index is 11.8. The fourth-order valence-corrected chi connectivity index (χ4v) is 2.10. The zero-order chi connectivity index (χ0) is 13.1. The van der Waals surface area contributed by atoms with Gasteiger partial charge in [-0.05, 0) is 25.0 Å². The van der Waals surface area contributed by atoms with Crippen LogP contribution in [0.2, 0.25) is 0 Å². The number of benzene rings is 1. The van der Waals surface area contributed by atoms with Crippen molar-refractivity contribution in [1.29, 1.82) is 0 Å². The van der Waals surface area contributed by atoms with Gasteiger partial charge in [0, 0.05) is 24.8 Å². The van der Waals surface area contributed by atoms with Crippen molar-refractivity contribution in [2.24, 2.45) is 5.73 Å². The van der Waals surface area contributed by atoms with Crippen LogP contribution < -0.4 is 16.0 Å². The molecule has 0 spiro atoms. The molecule has 3 N–H and O–H groups in total. The molecule has 1 aliphatic rings.